The molecule has 0 radical (unpaired) electrons. The zero-order chi connectivity index (χ0) is 13.2. The van der Waals surface area contributed by atoms with E-state index in [1.165, 1.54) is 0 Å². The highest BCUT2D eigenvalue weighted by Gasteiger charge is 2.02. The number of fused-ring (bicyclic) bond motifs is 1. The van der Waals surface area contributed by atoms with Gasteiger partial charge in [0.05, 0.1) is 22.6 Å². The predicted octanol–water partition coefficient (Wildman–Crippen LogP) is 2.70. The van der Waals surface area contributed by atoms with Crippen molar-refractivity contribution in [2.75, 3.05) is 5.32 Å². The van der Waals surface area contributed by atoms with E-state index < -0.39 is 0 Å². The summed E-state index contributed by atoms with van der Waals surface area (Å²) in [6.07, 6.45) is 7.14. The lowest BCUT2D eigenvalue weighted by molar-refractivity contribution is 0.895. The van der Waals surface area contributed by atoms with Crippen LogP contribution in [0, 0.1) is 6.92 Å². The summed E-state index contributed by atoms with van der Waals surface area (Å²) in [6.45, 7) is 2.56. The first-order chi connectivity index (χ1) is 9.22. The molecule has 0 aliphatic rings. The van der Waals surface area contributed by atoms with Gasteiger partial charge < -0.3 is 5.32 Å². The molecule has 19 heavy (non-hydrogen) atoms. The van der Waals surface area contributed by atoms with Crippen LogP contribution in [-0.2, 0) is 6.54 Å². The highest BCUT2D eigenvalue weighted by Crippen LogP contribution is 2.19. The number of nitrogens with zero attached hydrogens (tertiary/aromatic N) is 4. The van der Waals surface area contributed by atoms with Crippen molar-refractivity contribution >= 4 is 22.9 Å². The van der Waals surface area contributed by atoms with Crippen molar-refractivity contribution in [1.29, 1.82) is 0 Å². The molecule has 0 aromatic carbocycles. The Morgan fingerprint density at radius 3 is 3.11 bits per heavy atom. The van der Waals surface area contributed by atoms with Crippen molar-refractivity contribution in [2.24, 2.45) is 0 Å². The average molecular weight is 274 g/mol. The van der Waals surface area contributed by atoms with Gasteiger partial charge in [0.25, 0.3) is 0 Å². The van der Waals surface area contributed by atoms with Crippen LogP contribution < -0.4 is 5.32 Å². The number of hydrogen-bond acceptors (Lipinski definition) is 4. The summed E-state index contributed by atoms with van der Waals surface area (Å²) in [6, 6.07) is 3.69. The summed E-state index contributed by atoms with van der Waals surface area (Å²) < 4.78 is 1.77. The van der Waals surface area contributed by atoms with Gasteiger partial charge in [-0.2, -0.15) is 5.10 Å². The van der Waals surface area contributed by atoms with E-state index in [9.17, 15) is 0 Å². The molecule has 3 heterocycles. The van der Waals surface area contributed by atoms with Crippen molar-refractivity contribution < 1.29 is 0 Å². The molecule has 3 aromatic rings. The largest absolute Gasteiger partial charge is 0.378 e. The molecule has 0 spiro atoms. The number of nitrogens with one attached hydrogen (secondary N) is 1. The van der Waals surface area contributed by atoms with Crippen LogP contribution in [0.25, 0.3) is 5.65 Å². The van der Waals surface area contributed by atoms with Crippen LogP contribution in [0.3, 0.4) is 0 Å². The standard InChI is InChI=1S/C13H12ClN5/c1-9-4-13-17-6-10(8-19(13)18-9)5-16-12-7-15-3-2-11(12)14/h2-4,6-8,16H,5H2,1H3. The topological polar surface area (TPSA) is 55.1 Å². The first-order valence-corrected chi connectivity index (χ1v) is 6.24. The number of halogens is 1. The molecular weight excluding hydrogens is 262 g/mol. The highest BCUT2D eigenvalue weighted by atomic mass is 35.5. The molecule has 0 amide bonds. The minimum Gasteiger partial charge on any atom is -0.378 e. The molecule has 6 heteroatoms. The van der Waals surface area contributed by atoms with E-state index in [2.05, 4.69) is 20.4 Å². The van der Waals surface area contributed by atoms with Gasteiger partial charge in [-0.3, -0.25) is 4.98 Å². The molecule has 1 N–H and O–H groups in total. The number of pyridine rings is 1. The zero-order valence-electron chi connectivity index (χ0n) is 10.3. The van der Waals surface area contributed by atoms with Crippen molar-refractivity contribution in [1.82, 2.24) is 19.6 Å². The molecule has 0 aliphatic carbocycles. The molecule has 3 rings (SSSR count). The first kappa shape index (κ1) is 11.9. The normalized spacial score (nSPS) is 10.8. The van der Waals surface area contributed by atoms with E-state index >= 15 is 0 Å². The fraction of sp³-hybridized carbons (Fsp3) is 0.154. The number of anilines is 1. The molecule has 96 valence electrons. The van der Waals surface area contributed by atoms with Gasteiger partial charge in [0, 0.05) is 36.8 Å². The van der Waals surface area contributed by atoms with Crippen LogP contribution in [0.15, 0.2) is 36.9 Å². The summed E-state index contributed by atoms with van der Waals surface area (Å²) in [7, 11) is 0. The minimum atomic E-state index is 0.618. The summed E-state index contributed by atoms with van der Waals surface area (Å²) >= 11 is 6.05. The van der Waals surface area contributed by atoms with E-state index in [1.54, 1.807) is 23.0 Å². The molecule has 0 bridgehead atoms. The van der Waals surface area contributed by atoms with E-state index in [1.807, 2.05) is 25.4 Å². The van der Waals surface area contributed by atoms with Gasteiger partial charge in [-0.1, -0.05) is 11.6 Å². The third-order valence-corrected chi connectivity index (χ3v) is 3.07. The fourth-order valence-electron chi connectivity index (χ4n) is 1.83. The van der Waals surface area contributed by atoms with Crippen LogP contribution in [0.4, 0.5) is 5.69 Å². The molecular formula is C13H12ClN5. The van der Waals surface area contributed by atoms with Gasteiger partial charge >= 0.3 is 0 Å². The smallest absolute Gasteiger partial charge is 0.155 e. The first-order valence-electron chi connectivity index (χ1n) is 5.87. The predicted molar refractivity (Wildman–Crippen MR) is 74.3 cm³/mol. The van der Waals surface area contributed by atoms with E-state index in [-0.39, 0.29) is 0 Å². The second-order valence-corrected chi connectivity index (χ2v) is 4.67. The molecule has 0 saturated heterocycles. The van der Waals surface area contributed by atoms with Gasteiger partial charge in [0.1, 0.15) is 0 Å². The Morgan fingerprint density at radius 1 is 1.37 bits per heavy atom. The lowest BCUT2D eigenvalue weighted by Crippen LogP contribution is -2.03. The second-order valence-electron chi connectivity index (χ2n) is 4.26. The van der Waals surface area contributed by atoms with Crippen molar-refractivity contribution in [2.45, 2.75) is 13.5 Å². The Labute approximate surface area is 115 Å². The Kier molecular flexibility index (Phi) is 3.05. The quantitative estimate of drug-likeness (QED) is 0.797. The maximum absolute atomic E-state index is 6.05. The van der Waals surface area contributed by atoms with Gasteiger partial charge in [-0.15, -0.1) is 0 Å². The number of rotatable bonds is 3. The van der Waals surface area contributed by atoms with Gasteiger partial charge in [0.15, 0.2) is 5.65 Å². The van der Waals surface area contributed by atoms with Crippen LogP contribution in [0.2, 0.25) is 5.02 Å². The average Bonchev–Trinajstić information content (AvgIpc) is 2.77. The second kappa shape index (κ2) is 4.85. The van der Waals surface area contributed by atoms with Crippen LogP contribution in [0.1, 0.15) is 11.3 Å². The van der Waals surface area contributed by atoms with Crippen molar-refractivity contribution in [3.63, 3.8) is 0 Å². The third-order valence-electron chi connectivity index (χ3n) is 2.74. The molecule has 0 unspecified atom stereocenters. The SMILES string of the molecule is Cc1cc2ncc(CNc3cnccc3Cl)cn2n1. The van der Waals surface area contributed by atoms with E-state index in [0.717, 1.165) is 22.6 Å². The summed E-state index contributed by atoms with van der Waals surface area (Å²) in [4.78, 5) is 8.38. The number of aromatic nitrogens is 4. The van der Waals surface area contributed by atoms with E-state index in [4.69, 9.17) is 11.6 Å². The number of hydrogen-bond donors (Lipinski definition) is 1. The minimum absolute atomic E-state index is 0.618. The van der Waals surface area contributed by atoms with Gasteiger partial charge in [0.2, 0.25) is 0 Å². The molecule has 0 saturated carbocycles. The molecule has 0 fully saturated rings. The molecule has 3 aromatic heterocycles. The third kappa shape index (κ3) is 2.51. The van der Waals surface area contributed by atoms with Crippen molar-refractivity contribution in [3.8, 4) is 0 Å². The Hall–Kier alpha value is -2.14. The lowest BCUT2D eigenvalue weighted by Gasteiger charge is -2.07. The summed E-state index contributed by atoms with van der Waals surface area (Å²) in [5.41, 5.74) is 3.63. The highest BCUT2D eigenvalue weighted by molar-refractivity contribution is 6.33. The van der Waals surface area contributed by atoms with Gasteiger partial charge in [-0.25, -0.2) is 9.50 Å². The van der Waals surface area contributed by atoms with Crippen LogP contribution >= 0.6 is 11.6 Å². The fourth-order valence-corrected chi connectivity index (χ4v) is 2.00. The molecule has 0 atom stereocenters. The summed E-state index contributed by atoms with van der Waals surface area (Å²) in [5.74, 6) is 0. The molecule has 5 nitrogen and oxygen atoms in total. The Morgan fingerprint density at radius 2 is 2.26 bits per heavy atom. The van der Waals surface area contributed by atoms with E-state index in [0.29, 0.717) is 11.6 Å². The molecule has 0 aliphatic heterocycles. The number of aryl methyl sites for hydroxylation is 1. The van der Waals surface area contributed by atoms with Gasteiger partial charge in [-0.05, 0) is 13.0 Å². The van der Waals surface area contributed by atoms with Crippen LogP contribution in [0.5, 0.6) is 0 Å². The maximum atomic E-state index is 6.05. The Balaban J connectivity index is 1.80. The van der Waals surface area contributed by atoms with Crippen LogP contribution in [-0.4, -0.2) is 19.6 Å². The Bertz CT molecular complexity index is 722. The monoisotopic (exact) mass is 273 g/mol. The lowest BCUT2D eigenvalue weighted by atomic mass is 10.3. The summed E-state index contributed by atoms with van der Waals surface area (Å²) in [5, 5.41) is 8.21. The maximum Gasteiger partial charge on any atom is 0.155 e. The zero-order valence-corrected chi connectivity index (χ0v) is 11.1. The van der Waals surface area contributed by atoms with Crippen molar-refractivity contribution in [3.05, 3.63) is 53.2 Å².